The van der Waals surface area contributed by atoms with Crippen LogP contribution in [-0.2, 0) is 14.3 Å². The fourth-order valence-corrected chi connectivity index (χ4v) is 1.53. The molecule has 0 bridgehead atoms. The highest BCUT2D eigenvalue weighted by Gasteiger charge is 2.16. The Morgan fingerprint density at radius 1 is 1.60 bits per heavy atom. The molecule has 1 aliphatic carbocycles. The molecule has 0 aromatic carbocycles. The van der Waals surface area contributed by atoms with E-state index in [1.807, 2.05) is 25.0 Å². The van der Waals surface area contributed by atoms with Gasteiger partial charge in [0.1, 0.15) is 5.94 Å². The van der Waals surface area contributed by atoms with Crippen molar-refractivity contribution in [2.75, 3.05) is 7.11 Å². The van der Waals surface area contributed by atoms with Gasteiger partial charge in [0.25, 0.3) is 0 Å². The zero-order chi connectivity index (χ0) is 11.3. The number of esters is 1. The highest BCUT2D eigenvalue weighted by molar-refractivity contribution is 5.69. The average molecular weight is 206 g/mol. The van der Waals surface area contributed by atoms with Crippen molar-refractivity contribution in [3.05, 3.63) is 29.4 Å². The summed E-state index contributed by atoms with van der Waals surface area (Å²) < 4.78 is 4.56. The first-order chi connectivity index (χ1) is 7.19. The van der Waals surface area contributed by atoms with Crippen LogP contribution in [0.15, 0.2) is 29.4 Å². The highest BCUT2D eigenvalue weighted by atomic mass is 16.5. The van der Waals surface area contributed by atoms with Gasteiger partial charge in [-0.05, 0) is 12.5 Å². The van der Waals surface area contributed by atoms with Crippen LogP contribution in [0.1, 0.15) is 19.8 Å². The molecule has 3 heteroatoms. The van der Waals surface area contributed by atoms with Crippen molar-refractivity contribution >= 4 is 11.9 Å². The van der Waals surface area contributed by atoms with E-state index in [0.717, 1.165) is 5.57 Å². The number of methoxy groups -OCH3 is 1. The van der Waals surface area contributed by atoms with Gasteiger partial charge in [0.2, 0.25) is 0 Å². The van der Waals surface area contributed by atoms with Crippen LogP contribution in [0.4, 0.5) is 0 Å². The van der Waals surface area contributed by atoms with Gasteiger partial charge < -0.3 is 4.74 Å². The minimum absolute atomic E-state index is 0.0529. The molecular formula is C12H14O3. The number of ether oxygens (including phenoxy) is 1. The van der Waals surface area contributed by atoms with Gasteiger partial charge in [0.15, 0.2) is 0 Å². The molecule has 0 aromatic rings. The molecule has 1 unspecified atom stereocenters. The Morgan fingerprint density at radius 3 is 2.93 bits per heavy atom. The summed E-state index contributed by atoms with van der Waals surface area (Å²) in [5.41, 5.74) is 1.71. The molecule has 0 radical (unpaired) electrons. The Labute approximate surface area is 89.1 Å². The van der Waals surface area contributed by atoms with Crippen molar-refractivity contribution in [2.45, 2.75) is 19.8 Å². The van der Waals surface area contributed by atoms with Crippen molar-refractivity contribution < 1.29 is 14.3 Å². The number of allylic oxidation sites excluding steroid dienone is 5. The molecule has 0 saturated carbocycles. The Hall–Kier alpha value is -1.60. The molecule has 15 heavy (non-hydrogen) atoms. The molecule has 0 spiro atoms. The molecule has 1 atom stereocenters. The summed E-state index contributed by atoms with van der Waals surface area (Å²) in [4.78, 5) is 21.5. The van der Waals surface area contributed by atoms with Gasteiger partial charge in [-0.15, -0.1) is 0 Å². The summed E-state index contributed by atoms with van der Waals surface area (Å²) in [7, 11) is 1.37. The van der Waals surface area contributed by atoms with Crippen molar-refractivity contribution in [1.82, 2.24) is 0 Å². The number of hydrogen-bond donors (Lipinski definition) is 0. The number of hydrogen-bond acceptors (Lipinski definition) is 3. The number of carbonyl (C=O) groups excluding carboxylic acids is 2. The Balaban J connectivity index is 2.63. The molecule has 0 aromatic heterocycles. The standard InChI is InChI=1S/C12H14O3/c1-9-10(6-7-12(14)15-2)4-3-5-11(9)8-13/h3-5,9H,6-7H2,1-2H3. The predicted octanol–water partition coefficient (Wildman–Crippen LogP) is 1.83. The summed E-state index contributed by atoms with van der Waals surface area (Å²) in [6.45, 7) is 1.94. The zero-order valence-corrected chi connectivity index (χ0v) is 8.95. The minimum atomic E-state index is -0.228. The van der Waals surface area contributed by atoms with Gasteiger partial charge >= 0.3 is 5.97 Å². The van der Waals surface area contributed by atoms with Gasteiger partial charge in [0.05, 0.1) is 7.11 Å². The van der Waals surface area contributed by atoms with E-state index in [-0.39, 0.29) is 11.9 Å². The number of carbonyl (C=O) groups is 1. The zero-order valence-electron chi connectivity index (χ0n) is 8.95. The van der Waals surface area contributed by atoms with E-state index in [9.17, 15) is 9.59 Å². The van der Waals surface area contributed by atoms with E-state index in [0.29, 0.717) is 18.4 Å². The summed E-state index contributed by atoms with van der Waals surface area (Å²) in [6, 6.07) is 0. The second-order valence-electron chi connectivity index (χ2n) is 3.46. The Bertz CT molecular complexity index is 357. The molecule has 0 N–H and O–H groups in total. The molecule has 0 heterocycles. The molecule has 1 rings (SSSR count). The van der Waals surface area contributed by atoms with Crippen LogP contribution in [0, 0.1) is 5.92 Å². The average Bonchev–Trinajstić information content (AvgIpc) is 2.27. The van der Waals surface area contributed by atoms with Gasteiger partial charge in [-0.25, -0.2) is 4.79 Å². The first kappa shape index (κ1) is 11.5. The summed E-state index contributed by atoms with van der Waals surface area (Å²) in [6.07, 6.45) is 6.48. The third-order valence-electron chi connectivity index (χ3n) is 2.57. The van der Waals surface area contributed by atoms with E-state index in [2.05, 4.69) is 4.74 Å². The van der Waals surface area contributed by atoms with Crippen molar-refractivity contribution in [3.63, 3.8) is 0 Å². The van der Waals surface area contributed by atoms with E-state index in [1.165, 1.54) is 7.11 Å². The number of rotatable bonds is 3. The van der Waals surface area contributed by atoms with Crippen LogP contribution in [0.2, 0.25) is 0 Å². The monoisotopic (exact) mass is 206 g/mol. The first-order valence-corrected chi connectivity index (χ1v) is 4.88. The van der Waals surface area contributed by atoms with Crippen LogP contribution < -0.4 is 0 Å². The summed E-state index contributed by atoms with van der Waals surface area (Å²) >= 11 is 0. The maximum Gasteiger partial charge on any atom is 0.305 e. The lowest BCUT2D eigenvalue weighted by molar-refractivity contribution is -0.140. The van der Waals surface area contributed by atoms with Gasteiger partial charge in [-0.1, -0.05) is 24.6 Å². The minimum Gasteiger partial charge on any atom is -0.469 e. The lowest BCUT2D eigenvalue weighted by Crippen LogP contribution is -2.08. The van der Waals surface area contributed by atoms with Crippen LogP contribution >= 0.6 is 0 Å². The smallest absolute Gasteiger partial charge is 0.305 e. The van der Waals surface area contributed by atoms with Crippen LogP contribution in [0.25, 0.3) is 0 Å². The maximum atomic E-state index is 11.0. The molecule has 0 amide bonds. The van der Waals surface area contributed by atoms with E-state index < -0.39 is 0 Å². The third kappa shape index (κ3) is 2.93. The van der Waals surface area contributed by atoms with Crippen LogP contribution in [-0.4, -0.2) is 19.0 Å². The lowest BCUT2D eigenvalue weighted by atomic mass is 9.87. The molecule has 0 fully saturated rings. The molecular weight excluding hydrogens is 192 g/mol. The van der Waals surface area contributed by atoms with E-state index in [4.69, 9.17) is 0 Å². The second kappa shape index (κ2) is 5.32. The largest absolute Gasteiger partial charge is 0.469 e. The second-order valence-corrected chi connectivity index (χ2v) is 3.46. The SMILES string of the molecule is COC(=O)CCC1=CC=CC(=C=O)C1C. The normalized spacial score (nSPS) is 19.5. The van der Waals surface area contributed by atoms with Crippen LogP contribution in [0.5, 0.6) is 0 Å². The highest BCUT2D eigenvalue weighted by Crippen LogP contribution is 2.26. The van der Waals surface area contributed by atoms with Crippen molar-refractivity contribution in [3.8, 4) is 0 Å². The summed E-state index contributed by atoms with van der Waals surface area (Å²) in [5, 5.41) is 0. The van der Waals surface area contributed by atoms with Crippen molar-refractivity contribution in [1.29, 1.82) is 0 Å². The fourth-order valence-electron chi connectivity index (χ4n) is 1.53. The predicted molar refractivity (Wildman–Crippen MR) is 56.8 cm³/mol. The van der Waals surface area contributed by atoms with Gasteiger partial charge in [-0.2, -0.15) is 0 Å². The summed E-state index contributed by atoms with van der Waals surface area (Å²) in [5.74, 6) is 1.73. The fraction of sp³-hybridized carbons (Fsp3) is 0.417. The topological polar surface area (TPSA) is 43.4 Å². The Kier molecular flexibility index (Phi) is 4.07. The lowest BCUT2D eigenvalue weighted by Gasteiger charge is -2.17. The first-order valence-electron chi connectivity index (χ1n) is 4.88. The van der Waals surface area contributed by atoms with E-state index >= 15 is 0 Å². The molecule has 0 saturated heterocycles. The van der Waals surface area contributed by atoms with Gasteiger partial charge in [-0.3, -0.25) is 4.79 Å². The van der Waals surface area contributed by atoms with Crippen LogP contribution in [0.3, 0.4) is 0 Å². The van der Waals surface area contributed by atoms with Gasteiger partial charge in [0, 0.05) is 17.9 Å². The molecule has 1 aliphatic rings. The van der Waals surface area contributed by atoms with E-state index in [1.54, 1.807) is 6.08 Å². The molecule has 80 valence electrons. The van der Waals surface area contributed by atoms with Crippen molar-refractivity contribution in [2.24, 2.45) is 5.92 Å². The maximum absolute atomic E-state index is 11.0. The molecule has 0 aliphatic heterocycles. The quantitative estimate of drug-likeness (QED) is 0.522. The molecule has 3 nitrogen and oxygen atoms in total. The third-order valence-corrected chi connectivity index (χ3v) is 2.57. The Morgan fingerprint density at radius 2 is 2.33 bits per heavy atom.